The summed E-state index contributed by atoms with van der Waals surface area (Å²) in [5.41, 5.74) is 6.46. The molecule has 1 aliphatic heterocycles. The Balaban J connectivity index is 2.34. The molecule has 2 aliphatic rings. The molecule has 0 unspecified atom stereocenters. The van der Waals surface area contributed by atoms with Gasteiger partial charge in [0, 0.05) is 28.6 Å². The van der Waals surface area contributed by atoms with Gasteiger partial charge in [-0.2, -0.15) is 0 Å². The molecular formula is C22H9Cl4I4NO5. The molecule has 36 heavy (non-hydrogen) atoms. The molecule has 0 saturated heterocycles. The van der Waals surface area contributed by atoms with Crippen LogP contribution in [0.25, 0.3) is 33.4 Å². The largest absolute Gasteiger partial charge is 0.506 e. The van der Waals surface area contributed by atoms with Crippen LogP contribution in [0, 0.1) is 14.3 Å². The number of ether oxygens (including phenoxy) is 1. The van der Waals surface area contributed by atoms with Gasteiger partial charge in [-0.05, 0) is 102 Å². The second-order valence-corrected chi connectivity index (χ2v) is 13.2. The van der Waals surface area contributed by atoms with E-state index in [2.05, 4.69) is 0 Å². The number of rotatable bonds is 4. The molecule has 0 atom stereocenters. The standard InChI is InChI=1S/C22H9Cl4I4NO5/c23-12-10(11(22(34)35-2-1-31)13(24)15(26)14(12)25)9-5-3-7(27)18(32)16(29)20(5)36-21-6(9)4-8(28)19(33)17(21)30/h3-4,32H,1-2,31H2. The van der Waals surface area contributed by atoms with Gasteiger partial charge in [-0.1, -0.05) is 46.4 Å². The molecule has 3 N–H and O–H groups in total. The van der Waals surface area contributed by atoms with Crippen LogP contribution >= 0.6 is 137 Å². The lowest BCUT2D eigenvalue weighted by Gasteiger charge is -2.22. The molecule has 0 spiro atoms. The Morgan fingerprint density at radius 2 is 1.58 bits per heavy atom. The highest BCUT2D eigenvalue weighted by molar-refractivity contribution is 14.1. The zero-order chi connectivity index (χ0) is 26.6. The van der Waals surface area contributed by atoms with Crippen LogP contribution in [-0.2, 0) is 4.74 Å². The van der Waals surface area contributed by atoms with Gasteiger partial charge in [0.2, 0.25) is 5.43 Å². The summed E-state index contributed by atoms with van der Waals surface area (Å²) >= 11 is 33.9. The fourth-order valence-corrected chi connectivity index (χ4v) is 8.15. The van der Waals surface area contributed by atoms with Crippen molar-refractivity contribution in [1.29, 1.82) is 0 Å². The molecule has 6 nitrogen and oxygen atoms in total. The summed E-state index contributed by atoms with van der Waals surface area (Å²) < 4.78 is 13.1. The van der Waals surface area contributed by atoms with Crippen molar-refractivity contribution in [2.24, 2.45) is 5.73 Å². The number of hydrogen-bond donors (Lipinski definition) is 2. The van der Waals surface area contributed by atoms with Crippen molar-refractivity contribution >= 4 is 154 Å². The van der Waals surface area contributed by atoms with Gasteiger partial charge in [0.1, 0.15) is 15.9 Å². The van der Waals surface area contributed by atoms with Crippen molar-refractivity contribution in [1.82, 2.24) is 0 Å². The number of carbonyl (C=O) groups is 1. The topological polar surface area (TPSA) is 103 Å². The van der Waals surface area contributed by atoms with Crippen molar-refractivity contribution in [3.05, 3.63) is 62.3 Å². The van der Waals surface area contributed by atoms with Gasteiger partial charge in [0.25, 0.3) is 0 Å². The summed E-state index contributed by atoms with van der Waals surface area (Å²) in [4.78, 5) is 26.0. The van der Waals surface area contributed by atoms with Crippen LogP contribution in [0.2, 0.25) is 20.1 Å². The summed E-state index contributed by atoms with van der Waals surface area (Å²) in [6.07, 6.45) is 0. The van der Waals surface area contributed by atoms with E-state index < -0.39 is 5.97 Å². The molecule has 0 aromatic heterocycles. The zero-order valence-electron chi connectivity index (χ0n) is 17.3. The van der Waals surface area contributed by atoms with Crippen molar-refractivity contribution in [2.45, 2.75) is 0 Å². The van der Waals surface area contributed by atoms with Gasteiger partial charge >= 0.3 is 5.97 Å². The van der Waals surface area contributed by atoms with Crippen LogP contribution < -0.4 is 11.2 Å². The van der Waals surface area contributed by atoms with Crippen molar-refractivity contribution in [3.8, 4) is 28.2 Å². The molecule has 1 heterocycles. The Morgan fingerprint density at radius 1 is 0.944 bits per heavy atom. The second-order valence-electron chi connectivity index (χ2n) is 7.18. The molecule has 14 heteroatoms. The minimum atomic E-state index is -0.809. The summed E-state index contributed by atoms with van der Waals surface area (Å²) in [6.45, 7) is 0.0131. The maximum atomic E-state index is 13.2. The number of nitrogens with two attached hydrogens (primary N) is 1. The normalized spacial score (nSPS) is 11.5. The quantitative estimate of drug-likeness (QED) is 0.0701. The minimum Gasteiger partial charge on any atom is -0.506 e. The van der Waals surface area contributed by atoms with E-state index in [1.807, 2.05) is 90.4 Å². The SMILES string of the molecule is NCCOC(=O)c1c(Cl)c(Cl)c(Cl)c(Cl)c1-c1c2cc(I)c(=O)c(I)c-2oc2c(I)c(O)c(I)cc12. The molecule has 1 aliphatic carbocycles. The summed E-state index contributed by atoms with van der Waals surface area (Å²) in [7, 11) is 0. The predicted octanol–water partition coefficient (Wildman–Crippen LogP) is 8.42. The lowest BCUT2D eigenvalue weighted by molar-refractivity contribution is 0.0518. The molecule has 0 saturated carbocycles. The van der Waals surface area contributed by atoms with Crippen molar-refractivity contribution in [2.75, 3.05) is 13.2 Å². The van der Waals surface area contributed by atoms with Crippen LogP contribution in [0.15, 0.2) is 21.3 Å². The number of aromatic hydroxyl groups is 1. The fourth-order valence-electron chi connectivity index (χ4n) is 3.54. The van der Waals surface area contributed by atoms with E-state index in [4.69, 9.17) is 61.3 Å². The first-order chi connectivity index (χ1) is 16.9. The average Bonchev–Trinajstić information content (AvgIpc) is 2.85. The minimum absolute atomic E-state index is 0.00136. The van der Waals surface area contributed by atoms with Crippen molar-refractivity contribution < 1.29 is 19.1 Å². The van der Waals surface area contributed by atoms with E-state index in [1.165, 1.54) is 0 Å². The molecule has 0 fully saturated rings. The maximum absolute atomic E-state index is 13.2. The van der Waals surface area contributed by atoms with Gasteiger partial charge in [0.05, 0.1) is 36.4 Å². The lowest BCUT2D eigenvalue weighted by Crippen LogP contribution is -2.16. The lowest BCUT2D eigenvalue weighted by atomic mass is 9.90. The van der Waals surface area contributed by atoms with Crippen LogP contribution in [0.3, 0.4) is 0 Å². The van der Waals surface area contributed by atoms with Gasteiger partial charge in [-0.3, -0.25) is 4.79 Å². The number of phenolic OH excluding ortho intramolecular Hbond substituents is 1. The number of fused-ring (bicyclic) bond motifs is 2. The second kappa shape index (κ2) is 11.5. The zero-order valence-corrected chi connectivity index (χ0v) is 28.9. The number of benzene rings is 3. The fraction of sp³-hybridized carbons (Fsp3) is 0.0909. The highest BCUT2D eigenvalue weighted by atomic mass is 127. The molecule has 0 bridgehead atoms. The maximum Gasteiger partial charge on any atom is 0.340 e. The smallest absolute Gasteiger partial charge is 0.340 e. The van der Waals surface area contributed by atoms with Gasteiger partial charge < -0.3 is 20.0 Å². The Labute approximate surface area is 278 Å². The van der Waals surface area contributed by atoms with Crippen LogP contribution in [-0.4, -0.2) is 24.2 Å². The van der Waals surface area contributed by atoms with Crippen LogP contribution in [0.1, 0.15) is 10.4 Å². The molecule has 0 radical (unpaired) electrons. The molecule has 2 aromatic carbocycles. The predicted molar refractivity (Wildman–Crippen MR) is 176 cm³/mol. The third-order valence-corrected chi connectivity index (χ3v) is 10.5. The monoisotopic (exact) mass is 1010 g/mol. The number of carbonyl (C=O) groups excluding carboxylic acids is 1. The Morgan fingerprint density at radius 3 is 2.22 bits per heavy atom. The summed E-state index contributed by atoms with van der Waals surface area (Å²) in [5.74, 6) is -0.570. The first-order valence-corrected chi connectivity index (χ1v) is 15.4. The van der Waals surface area contributed by atoms with Gasteiger partial charge in [0.15, 0.2) is 11.3 Å². The molecule has 188 valence electrons. The Hall–Kier alpha value is 0.440. The van der Waals surface area contributed by atoms with E-state index in [1.54, 1.807) is 12.1 Å². The highest BCUT2D eigenvalue weighted by Crippen LogP contribution is 2.52. The van der Waals surface area contributed by atoms with E-state index in [9.17, 15) is 14.7 Å². The summed E-state index contributed by atoms with van der Waals surface area (Å²) in [6, 6.07) is 3.31. The third-order valence-electron chi connectivity index (χ3n) is 5.10. The molecule has 0 amide bonds. The first-order valence-electron chi connectivity index (χ1n) is 9.61. The first kappa shape index (κ1) is 29.4. The average molecular weight is 1020 g/mol. The number of phenols is 1. The third kappa shape index (κ3) is 4.92. The summed E-state index contributed by atoms with van der Waals surface area (Å²) in [5, 5.41) is 10.7. The number of halogens is 8. The number of esters is 1. The Kier molecular flexibility index (Phi) is 9.41. The van der Waals surface area contributed by atoms with E-state index in [0.717, 1.165) is 0 Å². The highest BCUT2D eigenvalue weighted by Gasteiger charge is 2.33. The molecular weight excluding hydrogens is 1010 g/mol. The molecule has 2 aromatic rings. The van der Waals surface area contributed by atoms with Gasteiger partial charge in [-0.15, -0.1) is 0 Å². The van der Waals surface area contributed by atoms with E-state index >= 15 is 0 Å². The Bertz CT molecular complexity index is 1630. The van der Waals surface area contributed by atoms with Crippen LogP contribution in [0.4, 0.5) is 0 Å². The van der Waals surface area contributed by atoms with Crippen molar-refractivity contribution in [3.63, 3.8) is 0 Å². The van der Waals surface area contributed by atoms with E-state index in [-0.39, 0.29) is 66.9 Å². The van der Waals surface area contributed by atoms with Gasteiger partial charge in [-0.25, -0.2) is 4.79 Å². The number of hydrogen-bond acceptors (Lipinski definition) is 6. The molecule has 4 rings (SSSR count). The van der Waals surface area contributed by atoms with Crippen LogP contribution in [0.5, 0.6) is 5.75 Å². The van der Waals surface area contributed by atoms with E-state index in [0.29, 0.717) is 30.8 Å².